The van der Waals surface area contributed by atoms with Gasteiger partial charge in [0.05, 0.1) is 6.20 Å². The molecule has 0 aromatic carbocycles. The maximum absolute atomic E-state index is 5.92. The third-order valence-electron chi connectivity index (χ3n) is 3.12. The first-order valence-corrected chi connectivity index (χ1v) is 6.62. The highest BCUT2D eigenvalue weighted by molar-refractivity contribution is 5.39. The van der Waals surface area contributed by atoms with E-state index in [0.717, 1.165) is 24.9 Å². The number of nitrogen functional groups attached to an aromatic ring is 1. The van der Waals surface area contributed by atoms with E-state index < -0.39 is 0 Å². The van der Waals surface area contributed by atoms with Crippen LogP contribution in [0.4, 0.5) is 5.82 Å². The third-order valence-corrected chi connectivity index (χ3v) is 3.12. The molecule has 0 fully saturated rings. The van der Waals surface area contributed by atoms with Crippen molar-refractivity contribution in [1.29, 1.82) is 0 Å². The predicted octanol–water partition coefficient (Wildman–Crippen LogP) is 1.68. The van der Waals surface area contributed by atoms with Gasteiger partial charge in [0.25, 0.3) is 0 Å². The number of aromatic nitrogens is 3. The summed E-state index contributed by atoms with van der Waals surface area (Å²) in [4.78, 5) is 4.14. The molecule has 2 heterocycles. The van der Waals surface area contributed by atoms with E-state index in [0.29, 0.717) is 5.82 Å². The van der Waals surface area contributed by atoms with Crippen LogP contribution in [0.3, 0.4) is 0 Å². The summed E-state index contributed by atoms with van der Waals surface area (Å²) in [5.74, 6) is 0.606. The smallest absolute Gasteiger partial charge is 0.126 e. The number of nitrogens with one attached hydrogen (secondary N) is 1. The fourth-order valence-corrected chi connectivity index (χ4v) is 2.09. The van der Waals surface area contributed by atoms with Crippen molar-refractivity contribution in [2.75, 3.05) is 12.3 Å². The van der Waals surface area contributed by atoms with Gasteiger partial charge in [-0.15, -0.1) is 0 Å². The number of hydrogen-bond donors (Lipinski definition) is 2. The largest absolute Gasteiger partial charge is 0.383 e. The molecule has 5 nitrogen and oxygen atoms in total. The molecule has 2 aromatic heterocycles. The molecular formula is C14H21N5. The number of pyridine rings is 1. The minimum Gasteiger partial charge on any atom is -0.383 e. The molecular weight excluding hydrogens is 238 g/mol. The maximum atomic E-state index is 5.92. The summed E-state index contributed by atoms with van der Waals surface area (Å²) in [6.45, 7) is 3.13. The molecule has 0 amide bonds. The summed E-state index contributed by atoms with van der Waals surface area (Å²) >= 11 is 0. The Kier molecular flexibility index (Phi) is 4.52. The molecule has 1 unspecified atom stereocenters. The fraction of sp³-hybridized carbons (Fsp3) is 0.429. The van der Waals surface area contributed by atoms with E-state index >= 15 is 0 Å². The Bertz CT molecular complexity index is 520. The average molecular weight is 259 g/mol. The second kappa shape index (κ2) is 6.33. The highest BCUT2D eigenvalue weighted by atomic mass is 15.2. The topological polar surface area (TPSA) is 68.8 Å². The van der Waals surface area contributed by atoms with Crippen molar-refractivity contribution in [3.05, 3.63) is 41.9 Å². The van der Waals surface area contributed by atoms with Gasteiger partial charge < -0.3 is 11.1 Å². The van der Waals surface area contributed by atoms with E-state index in [1.165, 1.54) is 5.56 Å². The Morgan fingerprint density at radius 1 is 1.47 bits per heavy atom. The first kappa shape index (κ1) is 13.5. The lowest BCUT2D eigenvalue weighted by atomic mass is 10.0. The molecule has 0 bridgehead atoms. The lowest BCUT2D eigenvalue weighted by Crippen LogP contribution is -2.24. The van der Waals surface area contributed by atoms with E-state index in [1.54, 1.807) is 6.20 Å². The summed E-state index contributed by atoms with van der Waals surface area (Å²) in [7, 11) is 1.93. The molecule has 0 saturated heterocycles. The minimum atomic E-state index is 0.222. The molecule has 0 saturated carbocycles. The summed E-state index contributed by atoms with van der Waals surface area (Å²) in [5.41, 5.74) is 8.17. The quantitative estimate of drug-likeness (QED) is 0.828. The van der Waals surface area contributed by atoms with Crippen molar-refractivity contribution < 1.29 is 0 Å². The molecule has 0 aliphatic carbocycles. The molecule has 0 aliphatic heterocycles. The second-order valence-corrected chi connectivity index (χ2v) is 4.71. The summed E-state index contributed by atoms with van der Waals surface area (Å²) in [5, 5.41) is 7.78. The molecule has 0 spiro atoms. The number of nitrogens with zero attached hydrogens (tertiary/aromatic N) is 3. The van der Waals surface area contributed by atoms with Crippen LogP contribution in [0.15, 0.2) is 30.7 Å². The van der Waals surface area contributed by atoms with Crippen LogP contribution in [0.5, 0.6) is 0 Å². The third kappa shape index (κ3) is 3.54. The number of aryl methyl sites for hydroxylation is 1. The zero-order valence-electron chi connectivity index (χ0n) is 11.5. The highest BCUT2D eigenvalue weighted by Gasteiger charge is 2.14. The van der Waals surface area contributed by atoms with Gasteiger partial charge in [0, 0.05) is 31.0 Å². The Labute approximate surface area is 113 Å². The number of hydrogen-bond acceptors (Lipinski definition) is 4. The Balaban J connectivity index is 2.16. The molecule has 19 heavy (non-hydrogen) atoms. The van der Waals surface area contributed by atoms with Crippen LogP contribution >= 0.6 is 0 Å². The predicted molar refractivity (Wildman–Crippen MR) is 76.6 cm³/mol. The highest BCUT2D eigenvalue weighted by Crippen LogP contribution is 2.20. The fourth-order valence-electron chi connectivity index (χ4n) is 2.09. The van der Waals surface area contributed by atoms with Crippen molar-refractivity contribution in [1.82, 2.24) is 20.1 Å². The van der Waals surface area contributed by atoms with Crippen LogP contribution in [0.1, 0.15) is 30.5 Å². The van der Waals surface area contributed by atoms with Gasteiger partial charge in [-0.3, -0.25) is 4.68 Å². The lowest BCUT2D eigenvalue weighted by molar-refractivity contribution is 0.529. The van der Waals surface area contributed by atoms with Gasteiger partial charge in [0.2, 0.25) is 0 Å². The number of anilines is 1. The Morgan fingerprint density at radius 2 is 2.32 bits per heavy atom. The standard InChI is InChI=1S/C14H21N5/c1-3-6-16-13(12-9-18-19(2)10-12)8-11-5-4-7-17-14(11)15/h4-5,7,9-10,13,16H,3,6,8H2,1-2H3,(H2,15,17). The van der Waals surface area contributed by atoms with Gasteiger partial charge in [-0.2, -0.15) is 5.10 Å². The van der Waals surface area contributed by atoms with Crippen molar-refractivity contribution in [3.63, 3.8) is 0 Å². The summed E-state index contributed by atoms with van der Waals surface area (Å²) < 4.78 is 1.82. The number of rotatable bonds is 6. The van der Waals surface area contributed by atoms with E-state index in [9.17, 15) is 0 Å². The first-order valence-electron chi connectivity index (χ1n) is 6.62. The molecule has 3 N–H and O–H groups in total. The molecule has 1 atom stereocenters. The van der Waals surface area contributed by atoms with E-state index in [2.05, 4.69) is 22.3 Å². The monoisotopic (exact) mass is 259 g/mol. The summed E-state index contributed by atoms with van der Waals surface area (Å²) in [6, 6.07) is 4.17. The maximum Gasteiger partial charge on any atom is 0.126 e. The van der Waals surface area contributed by atoms with E-state index in [4.69, 9.17) is 5.73 Å². The molecule has 102 valence electrons. The van der Waals surface area contributed by atoms with Gasteiger partial charge in [-0.1, -0.05) is 13.0 Å². The van der Waals surface area contributed by atoms with Crippen molar-refractivity contribution in [2.24, 2.45) is 7.05 Å². The molecule has 2 rings (SSSR count). The van der Waals surface area contributed by atoms with Gasteiger partial charge in [-0.25, -0.2) is 4.98 Å². The first-order chi connectivity index (χ1) is 9.20. The zero-order chi connectivity index (χ0) is 13.7. The van der Waals surface area contributed by atoms with Gasteiger partial charge in [0.15, 0.2) is 0 Å². The SMILES string of the molecule is CCCNC(Cc1cccnc1N)c1cnn(C)c1. The van der Waals surface area contributed by atoms with Gasteiger partial charge in [0.1, 0.15) is 5.82 Å². The molecule has 2 aromatic rings. The van der Waals surface area contributed by atoms with Crippen LogP contribution in [-0.2, 0) is 13.5 Å². The van der Waals surface area contributed by atoms with Crippen LogP contribution < -0.4 is 11.1 Å². The summed E-state index contributed by atoms with van der Waals surface area (Å²) in [6.07, 6.45) is 7.59. The Morgan fingerprint density at radius 3 is 2.95 bits per heavy atom. The van der Waals surface area contributed by atoms with Gasteiger partial charge >= 0.3 is 0 Å². The zero-order valence-corrected chi connectivity index (χ0v) is 11.5. The van der Waals surface area contributed by atoms with Crippen LogP contribution in [0, 0.1) is 0 Å². The Hall–Kier alpha value is -1.88. The molecule has 0 radical (unpaired) electrons. The lowest BCUT2D eigenvalue weighted by Gasteiger charge is -2.17. The molecule has 5 heteroatoms. The molecule has 0 aliphatic rings. The average Bonchev–Trinajstić information content (AvgIpc) is 2.83. The van der Waals surface area contributed by atoms with Gasteiger partial charge in [-0.05, 0) is 31.0 Å². The van der Waals surface area contributed by atoms with Crippen LogP contribution in [-0.4, -0.2) is 21.3 Å². The van der Waals surface area contributed by atoms with E-state index in [1.807, 2.05) is 36.3 Å². The normalized spacial score (nSPS) is 12.5. The second-order valence-electron chi connectivity index (χ2n) is 4.71. The van der Waals surface area contributed by atoms with Crippen molar-refractivity contribution in [2.45, 2.75) is 25.8 Å². The van der Waals surface area contributed by atoms with Crippen molar-refractivity contribution >= 4 is 5.82 Å². The van der Waals surface area contributed by atoms with Crippen LogP contribution in [0.2, 0.25) is 0 Å². The minimum absolute atomic E-state index is 0.222. The van der Waals surface area contributed by atoms with Crippen molar-refractivity contribution in [3.8, 4) is 0 Å². The van der Waals surface area contributed by atoms with Crippen LogP contribution in [0.25, 0.3) is 0 Å². The van der Waals surface area contributed by atoms with E-state index in [-0.39, 0.29) is 6.04 Å². The number of nitrogens with two attached hydrogens (primary N) is 1.